The average Bonchev–Trinajstić information content (AvgIpc) is 2.69. The standard InChI is InChI=1S/C13H14BrClN4O/c1-8(2)16-11(20)7-19-12(17-13(14)18-19)9-4-3-5-10(15)6-9/h3-6,8H,7H2,1-2H3,(H,16,20). The second-order valence-electron chi connectivity index (χ2n) is 4.59. The second-order valence-corrected chi connectivity index (χ2v) is 5.74. The molecule has 0 unspecified atom stereocenters. The van der Waals surface area contributed by atoms with Crippen molar-refractivity contribution in [3.8, 4) is 11.4 Å². The fourth-order valence-electron chi connectivity index (χ4n) is 1.77. The van der Waals surface area contributed by atoms with Gasteiger partial charge in [-0.1, -0.05) is 23.7 Å². The monoisotopic (exact) mass is 356 g/mol. The molecule has 1 amide bonds. The van der Waals surface area contributed by atoms with Gasteiger partial charge in [0.15, 0.2) is 5.82 Å². The van der Waals surface area contributed by atoms with E-state index in [9.17, 15) is 4.79 Å². The van der Waals surface area contributed by atoms with Crippen LogP contribution in [-0.4, -0.2) is 26.7 Å². The maximum absolute atomic E-state index is 11.8. The first-order valence-electron chi connectivity index (χ1n) is 6.11. The third kappa shape index (κ3) is 3.80. The summed E-state index contributed by atoms with van der Waals surface area (Å²) in [6.45, 7) is 3.93. The van der Waals surface area contributed by atoms with Gasteiger partial charge in [0.25, 0.3) is 0 Å². The van der Waals surface area contributed by atoms with Crippen molar-refractivity contribution in [3.05, 3.63) is 34.0 Å². The van der Waals surface area contributed by atoms with E-state index in [1.165, 1.54) is 0 Å². The molecule has 0 saturated heterocycles. The van der Waals surface area contributed by atoms with Crippen LogP contribution in [0.15, 0.2) is 29.0 Å². The highest BCUT2D eigenvalue weighted by Gasteiger charge is 2.14. The van der Waals surface area contributed by atoms with Gasteiger partial charge in [0.05, 0.1) is 0 Å². The van der Waals surface area contributed by atoms with Gasteiger partial charge in [0, 0.05) is 16.6 Å². The molecule has 0 spiro atoms. The molecule has 0 saturated carbocycles. The number of hydrogen-bond donors (Lipinski definition) is 1. The second kappa shape index (κ2) is 6.37. The Morgan fingerprint density at radius 1 is 1.50 bits per heavy atom. The van der Waals surface area contributed by atoms with Crippen LogP contribution in [0.4, 0.5) is 0 Å². The van der Waals surface area contributed by atoms with Gasteiger partial charge in [-0.25, -0.2) is 9.67 Å². The predicted molar refractivity (Wildman–Crippen MR) is 81.4 cm³/mol. The molecular weight excluding hydrogens is 344 g/mol. The number of nitrogens with zero attached hydrogens (tertiary/aromatic N) is 3. The van der Waals surface area contributed by atoms with Crippen LogP contribution in [0, 0.1) is 0 Å². The summed E-state index contributed by atoms with van der Waals surface area (Å²) in [4.78, 5) is 16.1. The van der Waals surface area contributed by atoms with E-state index in [1.807, 2.05) is 26.0 Å². The van der Waals surface area contributed by atoms with Crippen LogP contribution in [0.1, 0.15) is 13.8 Å². The Labute approximate surface area is 130 Å². The van der Waals surface area contributed by atoms with E-state index in [1.54, 1.807) is 16.8 Å². The zero-order chi connectivity index (χ0) is 14.7. The third-order valence-electron chi connectivity index (χ3n) is 2.47. The summed E-state index contributed by atoms with van der Waals surface area (Å²) in [5.41, 5.74) is 0.813. The van der Waals surface area contributed by atoms with Gasteiger partial charge in [0.1, 0.15) is 6.54 Å². The number of amides is 1. The zero-order valence-electron chi connectivity index (χ0n) is 11.1. The van der Waals surface area contributed by atoms with Gasteiger partial charge in [-0.15, -0.1) is 5.10 Å². The van der Waals surface area contributed by atoms with Crippen LogP contribution in [-0.2, 0) is 11.3 Å². The molecule has 1 heterocycles. The van der Waals surface area contributed by atoms with Crippen molar-refractivity contribution in [2.75, 3.05) is 0 Å². The quantitative estimate of drug-likeness (QED) is 0.915. The van der Waals surface area contributed by atoms with Gasteiger partial charge in [-0.3, -0.25) is 4.79 Å². The van der Waals surface area contributed by atoms with Crippen LogP contribution in [0.25, 0.3) is 11.4 Å². The Balaban J connectivity index is 2.29. The van der Waals surface area contributed by atoms with Gasteiger partial charge in [0.2, 0.25) is 10.6 Å². The number of rotatable bonds is 4. The molecule has 5 nitrogen and oxygen atoms in total. The van der Waals surface area contributed by atoms with Gasteiger partial charge >= 0.3 is 0 Å². The lowest BCUT2D eigenvalue weighted by molar-refractivity contribution is -0.122. The largest absolute Gasteiger partial charge is 0.352 e. The minimum absolute atomic E-state index is 0.0871. The lowest BCUT2D eigenvalue weighted by Crippen LogP contribution is -2.33. The molecule has 0 atom stereocenters. The molecule has 2 rings (SSSR count). The molecule has 0 fully saturated rings. The van der Waals surface area contributed by atoms with Crippen LogP contribution in [0.2, 0.25) is 5.02 Å². The summed E-state index contributed by atoms with van der Waals surface area (Å²) in [5.74, 6) is 0.485. The fraction of sp³-hybridized carbons (Fsp3) is 0.308. The van der Waals surface area contributed by atoms with Gasteiger partial charge in [-0.2, -0.15) is 0 Å². The van der Waals surface area contributed by atoms with E-state index in [2.05, 4.69) is 31.3 Å². The summed E-state index contributed by atoms with van der Waals surface area (Å²) in [6.07, 6.45) is 0. The van der Waals surface area contributed by atoms with Crippen molar-refractivity contribution < 1.29 is 4.79 Å². The lowest BCUT2D eigenvalue weighted by Gasteiger charge is -2.09. The summed E-state index contributed by atoms with van der Waals surface area (Å²) in [6, 6.07) is 7.36. The Morgan fingerprint density at radius 2 is 2.25 bits per heavy atom. The SMILES string of the molecule is CC(C)NC(=O)Cn1nc(Br)nc1-c1cccc(Cl)c1. The minimum atomic E-state index is -0.110. The molecule has 20 heavy (non-hydrogen) atoms. The van der Waals surface area contributed by atoms with Crippen LogP contribution >= 0.6 is 27.5 Å². The van der Waals surface area contributed by atoms with Crippen LogP contribution in [0.3, 0.4) is 0 Å². The van der Waals surface area contributed by atoms with Crippen molar-refractivity contribution in [1.29, 1.82) is 0 Å². The summed E-state index contributed by atoms with van der Waals surface area (Å²) in [7, 11) is 0. The minimum Gasteiger partial charge on any atom is -0.352 e. The molecule has 0 radical (unpaired) electrons. The Hall–Kier alpha value is -1.40. The molecule has 7 heteroatoms. The number of halogens is 2. The molecule has 1 N–H and O–H groups in total. The number of benzene rings is 1. The van der Waals surface area contributed by atoms with Crippen LogP contribution in [0.5, 0.6) is 0 Å². The number of carbonyl (C=O) groups excluding carboxylic acids is 1. The Morgan fingerprint density at radius 3 is 2.90 bits per heavy atom. The van der Waals surface area contributed by atoms with Crippen molar-refractivity contribution in [1.82, 2.24) is 20.1 Å². The number of aromatic nitrogens is 3. The highest BCUT2D eigenvalue weighted by atomic mass is 79.9. The zero-order valence-corrected chi connectivity index (χ0v) is 13.4. The van der Waals surface area contributed by atoms with Crippen LogP contribution < -0.4 is 5.32 Å². The highest BCUT2D eigenvalue weighted by molar-refractivity contribution is 9.10. The Kier molecular flexibility index (Phi) is 4.77. The average molecular weight is 358 g/mol. The first-order chi connectivity index (χ1) is 9.45. The molecule has 1 aromatic carbocycles. The molecule has 106 valence electrons. The fourth-order valence-corrected chi connectivity index (χ4v) is 2.32. The maximum Gasteiger partial charge on any atom is 0.242 e. The predicted octanol–water partition coefficient (Wildman–Crippen LogP) is 2.89. The Bertz CT molecular complexity index is 627. The van der Waals surface area contributed by atoms with Crippen molar-refractivity contribution in [2.45, 2.75) is 26.4 Å². The van der Waals surface area contributed by atoms with E-state index >= 15 is 0 Å². The first-order valence-corrected chi connectivity index (χ1v) is 7.28. The number of hydrogen-bond acceptors (Lipinski definition) is 3. The van der Waals surface area contributed by atoms with E-state index in [0.717, 1.165) is 5.56 Å². The highest BCUT2D eigenvalue weighted by Crippen LogP contribution is 2.22. The molecule has 0 aliphatic rings. The third-order valence-corrected chi connectivity index (χ3v) is 3.04. The molecule has 0 aliphatic carbocycles. The molecule has 2 aromatic rings. The van der Waals surface area contributed by atoms with Crippen molar-refractivity contribution in [3.63, 3.8) is 0 Å². The summed E-state index contributed by atoms with van der Waals surface area (Å²) in [5, 5.41) is 7.61. The summed E-state index contributed by atoms with van der Waals surface area (Å²) >= 11 is 9.21. The lowest BCUT2D eigenvalue weighted by atomic mass is 10.2. The smallest absolute Gasteiger partial charge is 0.242 e. The van der Waals surface area contributed by atoms with Gasteiger partial charge < -0.3 is 5.32 Å². The number of nitrogens with one attached hydrogen (secondary N) is 1. The van der Waals surface area contributed by atoms with E-state index in [0.29, 0.717) is 15.6 Å². The number of carbonyl (C=O) groups is 1. The van der Waals surface area contributed by atoms with E-state index in [-0.39, 0.29) is 18.5 Å². The first kappa shape index (κ1) is 15.0. The van der Waals surface area contributed by atoms with Crippen molar-refractivity contribution in [2.24, 2.45) is 0 Å². The molecule has 0 aliphatic heterocycles. The maximum atomic E-state index is 11.8. The molecule has 0 bridgehead atoms. The van der Waals surface area contributed by atoms with E-state index < -0.39 is 0 Å². The van der Waals surface area contributed by atoms with Crippen molar-refractivity contribution >= 4 is 33.4 Å². The molecular formula is C13H14BrClN4O. The topological polar surface area (TPSA) is 59.8 Å². The van der Waals surface area contributed by atoms with Gasteiger partial charge in [-0.05, 0) is 41.9 Å². The summed E-state index contributed by atoms with van der Waals surface area (Å²) < 4.78 is 1.98. The molecule has 1 aromatic heterocycles. The normalized spacial score (nSPS) is 10.8. The van der Waals surface area contributed by atoms with E-state index in [4.69, 9.17) is 11.6 Å².